The van der Waals surface area contributed by atoms with Crippen LogP contribution in [0.2, 0.25) is 0 Å². The lowest BCUT2D eigenvalue weighted by molar-refractivity contribution is 0.490. The minimum absolute atomic E-state index is 0.715. The van der Waals surface area contributed by atoms with E-state index in [1.807, 2.05) is 0 Å². The SMILES string of the molecule is CS(=O)(=O)O.ClC(Cl)(Cl)Cl. The summed E-state index contributed by atoms with van der Waals surface area (Å²) in [6.45, 7) is 0. The highest BCUT2D eigenvalue weighted by molar-refractivity contribution is 7.85. The first kappa shape index (κ1) is 13.6. The Balaban J connectivity index is 0. The zero-order chi connectivity index (χ0) is 9.00. The molecule has 64 valence electrons. The third-order valence-electron chi connectivity index (χ3n) is 0. The Hall–Kier alpha value is 1.07. The first-order valence-electron chi connectivity index (χ1n) is 1.68. The van der Waals surface area contributed by atoms with Gasteiger partial charge < -0.3 is 0 Å². The highest BCUT2D eigenvalue weighted by atomic mass is 35.6. The van der Waals surface area contributed by atoms with Crippen molar-refractivity contribution in [3.05, 3.63) is 0 Å². The lowest BCUT2D eigenvalue weighted by atomic mass is 11.8. The van der Waals surface area contributed by atoms with E-state index in [-0.39, 0.29) is 0 Å². The van der Waals surface area contributed by atoms with Gasteiger partial charge in [-0.1, -0.05) is 46.4 Å². The predicted molar refractivity (Wildman–Crippen MR) is 43.6 cm³/mol. The van der Waals surface area contributed by atoms with Crippen molar-refractivity contribution in [2.24, 2.45) is 0 Å². The molecule has 1 N–H and O–H groups in total. The number of hydrogen-bond acceptors (Lipinski definition) is 2. The summed E-state index contributed by atoms with van der Waals surface area (Å²) in [5.74, 6) is 0. The summed E-state index contributed by atoms with van der Waals surface area (Å²) in [4.78, 5) is 0. The van der Waals surface area contributed by atoms with E-state index in [1.54, 1.807) is 0 Å². The topological polar surface area (TPSA) is 54.4 Å². The van der Waals surface area contributed by atoms with Crippen LogP contribution in [0.3, 0.4) is 0 Å². The van der Waals surface area contributed by atoms with Crippen LogP contribution in [0.25, 0.3) is 0 Å². The van der Waals surface area contributed by atoms with Gasteiger partial charge in [0.2, 0.25) is 0 Å². The molecule has 0 amide bonds. The molecule has 0 spiro atoms. The minimum Gasteiger partial charge on any atom is -0.286 e. The minimum atomic E-state index is -3.67. The van der Waals surface area contributed by atoms with E-state index in [9.17, 15) is 8.42 Å². The Morgan fingerprint density at radius 2 is 1.20 bits per heavy atom. The molecule has 0 aromatic heterocycles. The normalized spacial score (nSPS) is 11.8. The quantitative estimate of drug-likeness (QED) is 0.528. The maximum atomic E-state index is 9.19. The summed E-state index contributed by atoms with van der Waals surface area (Å²) in [6.07, 6.45) is 0.715. The van der Waals surface area contributed by atoms with E-state index >= 15 is 0 Å². The van der Waals surface area contributed by atoms with Crippen molar-refractivity contribution in [2.75, 3.05) is 6.26 Å². The molecule has 0 unspecified atom stereocenters. The lowest BCUT2D eigenvalue weighted by Crippen LogP contribution is -1.88. The zero-order valence-corrected chi connectivity index (χ0v) is 8.52. The van der Waals surface area contributed by atoms with Gasteiger partial charge in [-0.3, -0.25) is 4.55 Å². The standard InChI is InChI=1S/CCl4.CH4O3S/c2-1(3,4)5;1-5(2,3)4/h;1H3,(H,2,3,4). The van der Waals surface area contributed by atoms with E-state index in [1.165, 1.54) is 0 Å². The Morgan fingerprint density at radius 3 is 1.20 bits per heavy atom. The predicted octanol–water partition coefficient (Wildman–Crippen LogP) is 2.06. The van der Waals surface area contributed by atoms with Gasteiger partial charge in [-0.05, 0) is 0 Å². The van der Waals surface area contributed by atoms with Gasteiger partial charge in [0.15, 0.2) is 0 Å². The molecule has 0 aliphatic carbocycles. The van der Waals surface area contributed by atoms with Crippen LogP contribution in [0.5, 0.6) is 0 Å². The maximum absolute atomic E-state index is 9.19. The third-order valence-corrected chi connectivity index (χ3v) is 0. The molecule has 0 aromatic rings. The van der Waals surface area contributed by atoms with E-state index in [4.69, 9.17) is 51.0 Å². The largest absolute Gasteiger partial charge is 0.286 e. The van der Waals surface area contributed by atoms with E-state index in [2.05, 4.69) is 0 Å². The fraction of sp³-hybridized carbons (Fsp3) is 1.00. The highest BCUT2D eigenvalue weighted by Gasteiger charge is 2.11. The van der Waals surface area contributed by atoms with E-state index < -0.39 is 13.4 Å². The van der Waals surface area contributed by atoms with Crippen molar-refractivity contribution in [1.82, 2.24) is 0 Å². The molecule has 10 heavy (non-hydrogen) atoms. The number of hydrogen-bond donors (Lipinski definition) is 1. The van der Waals surface area contributed by atoms with Gasteiger partial charge in [-0.2, -0.15) is 8.42 Å². The first-order valence-corrected chi connectivity index (χ1v) is 5.04. The van der Waals surface area contributed by atoms with Crippen LogP contribution in [0.1, 0.15) is 0 Å². The molecular weight excluding hydrogens is 246 g/mol. The summed E-state index contributed by atoms with van der Waals surface area (Å²) in [7, 11) is -3.67. The molecule has 0 radical (unpaired) electrons. The number of rotatable bonds is 0. The summed E-state index contributed by atoms with van der Waals surface area (Å²) < 4.78 is 24.3. The molecule has 0 fully saturated rings. The van der Waals surface area contributed by atoms with Gasteiger partial charge in [0, 0.05) is 0 Å². The molecule has 0 atom stereocenters. The van der Waals surface area contributed by atoms with Crippen molar-refractivity contribution in [1.29, 1.82) is 0 Å². The smallest absolute Gasteiger partial charge is 0.266 e. The Morgan fingerprint density at radius 1 is 1.20 bits per heavy atom. The first-order chi connectivity index (χ1) is 4.00. The maximum Gasteiger partial charge on any atom is 0.266 e. The molecule has 0 bridgehead atoms. The van der Waals surface area contributed by atoms with Gasteiger partial charge >= 0.3 is 0 Å². The lowest BCUT2D eigenvalue weighted by Gasteiger charge is -1.91. The van der Waals surface area contributed by atoms with Crippen molar-refractivity contribution in [3.63, 3.8) is 0 Å². The second-order valence-electron chi connectivity index (χ2n) is 1.16. The molecule has 3 nitrogen and oxygen atoms in total. The summed E-state index contributed by atoms with van der Waals surface area (Å²) in [5.41, 5.74) is 0. The molecule has 0 saturated carbocycles. The number of halogens is 4. The second-order valence-corrected chi connectivity index (χ2v) is 6.06. The van der Waals surface area contributed by atoms with Gasteiger partial charge in [0.05, 0.1) is 6.26 Å². The van der Waals surface area contributed by atoms with Crippen LogP contribution in [0.15, 0.2) is 0 Å². The zero-order valence-electron chi connectivity index (χ0n) is 4.68. The molecule has 0 saturated heterocycles. The molecular formula is C2H4Cl4O3S. The van der Waals surface area contributed by atoms with Crippen LogP contribution < -0.4 is 0 Å². The van der Waals surface area contributed by atoms with Gasteiger partial charge in [-0.15, -0.1) is 0 Å². The summed E-state index contributed by atoms with van der Waals surface area (Å²) in [6, 6.07) is 0. The van der Waals surface area contributed by atoms with Crippen LogP contribution >= 0.6 is 46.4 Å². The monoisotopic (exact) mass is 248 g/mol. The van der Waals surface area contributed by atoms with Gasteiger partial charge in [0.25, 0.3) is 13.4 Å². The Labute approximate surface area is 79.0 Å². The molecule has 0 aromatic carbocycles. The van der Waals surface area contributed by atoms with E-state index in [0.29, 0.717) is 6.26 Å². The Bertz CT molecular complexity index is 153. The highest BCUT2D eigenvalue weighted by Crippen LogP contribution is 2.29. The van der Waals surface area contributed by atoms with Crippen molar-refractivity contribution in [2.45, 2.75) is 3.25 Å². The average Bonchev–Trinajstić information content (AvgIpc) is 1.12. The average molecular weight is 250 g/mol. The fourth-order valence-electron chi connectivity index (χ4n) is 0. The summed E-state index contributed by atoms with van der Waals surface area (Å²) >= 11 is 19.3. The van der Waals surface area contributed by atoms with Crippen LogP contribution in [0, 0.1) is 0 Å². The van der Waals surface area contributed by atoms with Crippen molar-refractivity contribution >= 4 is 56.5 Å². The second kappa shape index (κ2) is 4.85. The van der Waals surface area contributed by atoms with Gasteiger partial charge in [-0.25, -0.2) is 0 Å². The van der Waals surface area contributed by atoms with Gasteiger partial charge in [0.1, 0.15) is 0 Å². The molecule has 0 aliphatic rings. The van der Waals surface area contributed by atoms with Crippen molar-refractivity contribution < 1.29 is 13.0 Å². The Kier molecular flexibility index (Phi) is 6.62. The molecule has 0 heterocycles. The fourth-order valence-corrected chi connectivity index (χ4v) is 0. The number of alkyl halides is 4. The summed E-state index contributed by atoms with van der Waals surface area (Å²) in [5, 5.41) is 0. The van der Waals surface area contributed by atoms with E-state index in [0.717, 1.165) is 0 Å². The third kappa shape index (κ3) is 516. The van der Waals surface area contributed by atoms with Crippen LogP contribution in [-0.4, -0.2) is 22.5 Å². The molecule has 8 heteroatoms. The van der Waals surface area contributed by atoms with Crippen LogP contribution in [-0.2, 0) is 10.1 Å². The van der Waals surface area contributed by atoms with Crippen molar-refractivity contribution in [3.8, 4) is 0 Å². The molecule has 0 aliphatic heterocycles. The molecule has 0 rings (SSSR count). The van der Waals surface area contributed by atoms with Crippen LogP contribution in [0.4, 0.5) is 0 Å².